The van der Waals surface area contributed by atoms with Crippen molar-refractivity contribution in [2.24, 2.45) is 17.8 Å². The van der Waals surface area contributed by atoms with Crippen LogP contribution in [-0.4, -0.2) is 13.1 Å². The second kappa shape index (κ2) is 6.24. The molecule has 0 aromatic rings. The quantitative estimate of drug-likeness (QED) is 0.603. The van der Waals surface area contributed by atoms with Crippen LogP contribution in [0.5, 0.6) is 0 Å². The molecule has 0 rings (SSSR count). The second-order valence-electron chi connectivity index (χ2n) is 4.20. The third-order valence-electron chi connectivity index (χ3n) is 2.09. The summed E-state index contributed by atoms with van der Waals surface area (Å²) in [5.41, 5.74) is 0. The molecule has 0 fully saturated rings. The smallest absolute Gasteiger partial charge is 0.00166 e. The minimum Gasteiger partial charge on any atom is -0.316 e. The van der Waals surface area contributed by atoms with E-state index < -0.39 is 0 Å². The van der Waals surface area contributed by atoms with Crippen LogP contribution in [0.25, 0.3) is 0 Å². The van der Waals surface area contributed by atoms with E-state index in [2.05, 4.69) is 45.7 Å². The molecule has 0 spiro atoms. The van der Waals surface area contributed by atoms with Gasteiger partial charge in [0, 0.05) is 6.54 Å². The van der Waals surface area contributed by atoms with E-state index in [0.717, 1.165) is 19.0 Å². The average Bonchev–Trinajstić information content (AvgIpc) is 1.96. The summed E-state index contributed by atoms with van der Waals surface area (Å²) in [6, 6.07) is 0. The molecule has 0 aliphatic carbocycles. The Morgan fingerprint density at radius 1 is 1.17 bits per heavy atom. The van der Waals surface area contributed by atoms with Crippen LogP contribution in [0.4, 0.5) is 0 Å². The van der Waals surface area contributed by atoms with Crippen LogP contribution < -0.4 is 5.32 Å². The summed E-state index contributed by atoms with van der Waals surface area (Å²) in [6.45, 7) is 15.0. The van der Waals surface area contributed by atoms with Crippen molar-refractivity contribution in [3.63, 3.8) is 0 Å². The molecule has 0 aliphatic rings. The topological polar surface area (TPSA) is 12.0 Å². The Kier molecular flexibility index (Phi) is 6.09. The van der Waals surface area contributed by atoms with E-state index in [1.807, 2.05) is 0 Å². The number of nitrogens with one attached hydrogen (secondary N) is 1. The molecule has 0 radical (unpaired) electrons. The lowest BCUT2D eigenvalue weighted by atomic mass is 9.96. The van der Waals surface area contributed by atoms with E-state index in [0.29, 0.717) is 11.8 Å². The van der Waals surface area contributed by atoms with Crippen molar-refractivity contribution in [1.82, 2.24) is 5.32 Å². The zero-order valence-electron chi connectivity index (χ0n) is 8.93. The molecular weight excluding hydrogens is 146 g/mol. The molecule has 72 valence electrons. The first kappa shape index (κ1) is 11.7. The Morgan fingerprint density at radius 3 is 2.08 bits per heavy atom. The van der Waals surface area contributed by atoms with Crippen molar-refractivity contribution < 1.29 is 0 Å². The molecule has 0 aliphatic heterocycles. The maximum Gasteiger partial charge on any atom is 0.00166 e. The van der Waals surface area contributed by atoms with Crippen LogP contribution in [0.2, 0.25) is 0 Å². The fraction of sp³-hybridized carbons (Fsp3) is 0.818. The third-order valence-corrected chi connectivity index (χ3v) is 2.09. The fourth-order valence-corrected chi connectivity index (χ4v) is 1.13. The Morgan fingerprint density at radius 2 is 1.75 bits per heavy atom. The Hall–Kier alpha value is -0.300. The highest BCUT2D eigenvalue weighted by Gasteiger charge is 2.07. The molecule has 1 heteroatoms. The Labute approximate surface area is 77.2 Å². The summed E-state index contributed by atoms with van der Waals surface area (Å²) in [4.78, 5) is 0. The van der Waals surface area contributed by atoms with Crippen LogP contribution >= 0.6 is 0 Å². The molecule has 0 heterocycles. The van der Waals surface area contributed by atoms with Gasteiger partial charge in [-0.1, -0.05) is 33.8 Å². The molecule has 1 atom stereocenters. The van der Waals surface area contributed by atoms with Crippen molar-refractivity contribution in [3.8, 4) is 0 Å². The molecule has 1 nitrogen and oxygen atoms in total. The maximum atomic E-state index is 3.84. The summed E-state index contributed by atoms with van der Waals surface area (Å²) < 4.78 is 0. The van der Waals surface area contributed by atoms with Crippen LogP contribution in [0.3, 0.4) is 0 Å². The first-order valence-corrected chi connectivity index (χ1v) is 4.91. The van der Waals surface area contributed by atoms with Gasteiger partial charge < -0.3 is 5.32 Å². The molecule has 0 amide bonds. The highest BCUT2D eigenvalue weighted by Crippen LogP contribution is 2.10. The number of rotatable bonds is 6. The molecule has 1 N–H and O–H groups in total. The molecule has 1 unspecified atom stereocenters. The second-order valence-corrected chi connectivity index (χ2v) is 4.20. The van der Waals surface area contributed by atoms with Gasteiger partial charge in [0.15, 0.2) is 0 Å². The predicted molar refractivity (Wildman–Crippen MR) is 56.2 cm³/mol. The highest BCUT2D eigenvalue weighted by molar-refractivity contribution is 4.82. The van der Waals surface area contributed by atoms with E-state index in [1.54, 1.807) is 0 Å². The monoisotopic (exact) mass is 169 g/mol. The van der Waals surface area contributed by atoms with Crippen LogP contribution in [-0.2, 0) is 0 Å². The molecule has 0 aromatic heterocycles. The standard InChI is InChI=1S/C11H23N/c1-6-11(10(4)5)8-12-7-9(2)3/h6,9-12H,1,7-8H2,2-5H3. The van der Waals surface area contributed by atoms with Crippen LogP contribution in [0.1, 0.15) is 27.7 Å². The van der Waals surface area contributed by atoms with E-state index >= 15 is 0 Å². The lowest BCUT2D eigenvalue weighted by Gasteiger charge is -2.17. The van der Waals surface area contributed by atoms with E-state index in [1.165, 1.54) is 0 Å². The summed E-state index contributed by atoms with van der Waals surface area (Å²) in [7, 11) is 0. The molecule has 0 aromatic carbocycles. The van der Waals surface area contributed by atoms with E-state index in [4.69, 9.17) is 0 Å². The van der Waals surface area contributed by atoms with E-state index in [9.17, 15) is 0 Å². The number of hydrogen-bond donors (Lipinski definition) is 1. The van der Waals surface area contributed by atoms with Gasteiger partial charge >= 0.3 is 0 Å². The van der Waals surface area contributed by atoms with Crippen molar-refractivity contribution >= 4 is 0 Å². The van der Waals surface area contributed by atoms with Crippen molar-refractivity contribution in [2.75, 3.05) is 13.1 Å². The van der Waals surface area contributed by atoms with Gasteiger partial charge in [-0.15, -0.1) is 6.58 Å². The first-order chi connectivity index (χ1) is 5.57. The summed E-state index contributed by atoms with van der Waals surface area (Å²) in [5.74, 6) is 2.05. The average molecular weight is 169 g/mol. The fourth-order valence-electron chi connectivity index (χ4n) is 1.13. The van der Waals surface area contributed by atoms with Gasteiger partial charge in [-0.25, -0.2) is 0 Å². The van der Waals surface area contributed by atoms with Crippen molar-refractivity contribution in [2.45, 2.75) is 27.7 Å². The SMILES string of the molecule is C=CC(CNCC(C)C)C(C)C. The van der Waals surface area contributed by atoms with Crippen molar-refractivity contribution in [3.05, 3.63) is 12.7 Å². The molecule has 0 saturated heterocycles. The normalized spacial score (nSPS) is 13.8. The van der Waals surface area contributed by atoms with E-state index in [-0.39, 0.29) is 0 Å². The van der Waals surface area contributed by atoms with Gasteiger partial charge in [0.25, 0.3) is 0 Å². The van der Waals surface area contributed by atoms with Gasteiger partial charge in [-0.3, -0.25) is 0 Å². The molecular formula is C11H23N. The van der Waals surface area contributed by atoms with Gasteiger partial charge in [0.1, 0.15) is 0 Å². The van der Waals surface area contributed by atoms with Gasteiger partial charge in [0.2, 0.25) is 0 Å². The van der Waals surface area contributed by atoms with Crippen molar-refractivity contribution in [1.29, 1.82) is 0 Å². The lowest BCUT2D eigenvalue weighted by Crippen LogP contribution is -2.27. The molecule has 12 heavy (non-hydrogen) atoms. The Balaban J connectivity index is 3.52. The zero-order chi connectivity index (χ0) is 9.56. The minimum atomic E-state index is 0.615. The van der Waals surface area contributed by atoms with Crippen LogP contribution in [0, 0.1) is 17.8 Å². The molecule has 0 bridgehead atoms. The maximum absolute atomic E-state index is 3.84. The Bertz CT molecular complexity index is 116. The molecule has 0 saturated carbocycles. The summed E-state index contributed by atoms with van der Waals surface area (Å²) in [5, 5.41) is 3.45. The summed E-state index contributed by atoms with van der Waals surface area (Å²) in [6.07, 6.45) is 2.05. The summed E-state index contributed by atoms with van der Waals surface area (Å²) >= 11 is 0. The minimum absolute atomic E-state index is 0.615. The highest BCUT2D eigenvalue weighted by atomic mass is 14.9. The predicted octanol–water partition coefficient (Wildman–Crippen LogP) is 2.69. The first-order valence-electron chi connectivity index (χ1n) is 4.91. The zero-order valence-corrected chi connectivity index (χ0v) is 8.93. The van der Waals surface area contributed by atoms with Crippen LogP contribution in [0.15, 0.2) is 12.7 Å². The van der Waals surface area contributed by atoms with Gasteiger partial charge in [0.05, 0.1) is 0 Å². The van der Waals surface area contributed by atoms with Gasteiger partial charge in [-0.2, -0.15) is 0 Å². The van der Waals surface area contributed by atoms with Gasteiger partial charge in [-0.05, 0) is 24.3 Å². The number of hydrogen-bond acceptors (Lipinski definition) is 1. The third kappa shape index (κ3) is 5.36. The lowest BCUT2D eigenvalue weighted by molar-refractivity contribution is 0.418. The largest absolute Gasteiger partial charge is 0.316 e.